The first-order chi connectivity index (χ1) is 16.5. The van der Waals surface area contributed by atoms with Gasteiger partial charge in [0.25, 0.3) is 11.8 Å². The number of nitrogens with one attached hydrogen (secondary N) is 2. The summed E-state index contributed by atoms with van der Waals surface area (Å²) < 4.78 is 10.7. The fourth-order valence-electron chi connectivity index (χ4n) is 2.96. The maximum Gasteiger partial charge on any atom is 0.262 e. The molecule has 0 aliphatic rings. The Hall–Kier alpha value is -4.28. The lowest BCUT2D eigenvalue weighted by Crippen LogP contribution is -2.24. The minimum Gasteiger partial charge on any atom is -0.497 e. The second kappa shape index (κ2) is 12.1. The number of nitrogens with zero attached hydrogens (tertiary/aromatic N) is 1. The summed E-state index contributed by atoms with van der Waals surface area (Å²) in [5, 5.41) is 15.3. The van der Waals surface area contributed by atoms with E-state index in [1.165, 1.54) is 6.08 Å². The number of rotatable bonds is 9. The minimum absolute atomic E-state index is 0.120. The summed E-state index contributed by atoms with van der Waals surface area (Å²) in [5.74, 6) is 0.0662. The van der Waals surface area contributed by atoms with Gasteiger partial charge in [-0.3, -0.25) is 9.59 Å². The summed E-state index contributed by atoms with van der Waals surface area (Å²) in [6.07, 6.45) is 1.38. The minimum atomic E-state index is -0.533. The van der Waals surface area contributed by atoms with E-state index in [-0.39, 0.29) is 24.6 Å². The van der Waals surface area contributed by atoms with Gasteiger partial charge >= 0.3 is 0 Å². The van der Waals surface area contributed by atoms with Crippen LogP contribution in [0.3, 0.4) is 0 Å². The highest BCUT2D eigenvalue weighted by atomic mass is 35.5. The van der Waals surface area contributed by atoms with Crippen LogP contribution in [0, 0.1) is 11.3 Å². The van der Waals surface area contributed by atoms with Crippen molar-refractivity contribution >= 4 is 35.2 Å². The number of nitriles is 1. The Morgan fingerprint density at radius 1 is 1.06 bits per heavy atom. The van der Waals surface area contributed by atoms with Crippen LogP contribution in [0.25, 0.3) is 6.08 Å². The Balaban J connectivity index is 1.67. The third kappa shape index (κ3) is 7.12. The van der Waals surface area contributed by atoms with Gasteiger partial charge in [-0.05, 0) is 54.1 Å². The molecule has 3 aromatic carbocycles. The first kappa shape index (κ1) is 24.4. The molecule has 0 aliphatic heterocycles. The van der Waals surface area contributed by atoms with Crippen LogP contribution in [0.1, 0.15) is 11.1 Å². The van der Waals surface area contributed by atoms with Crippen LogP contribution >= 0.6 is 11.6 Å². The van der Waals surface area contributed by atoms with Gasteiger partial charge in [-0.15, -0.1) is 0 Å². The Labute approximate surface area is 202 Å². The number of amides is 2. The van der Waals surface area contributed by atoms with Crippen LogP contribution in [-0.4, -0.2) is 25.5 Å². The van der Waals surface area contributed by atoms with E-state index < -0.39 is 5.91 Å². The smallest absolute Gasteiger partial charge is 0.262 e. The highest BCUT2D eigenvalue weighted by Gasteiger charge is 2.13. The molecule has 8 heteroatoms. The van der Waals surface area contributed by atoms with Gasteiger partial charge in [0.2, 0.25) is 0 Å². The highest BCUT2D eigenvalue weighted by Crippen LogP contribution is 2.25. The molecule has 0 fully saturated rings. The summed E-state index contributed by atoms with van der Waals surface area (Å²) in [6, 6.07) is 22.8. The SMILES string of the molecule is COc1ccc(NC(=O)COc2ccc(Cl)cc2/C=C(\C#N)C(=O)NCc2ccccc2)cc1. The van der Waals surface area contributed by atoms with E-state index in [1.54, 1.807) is 49.6 Å². The molecule has 172 valence electrons. The molecule has 0 saturated heterocycles. The molecule has 0 spiro atoms. The summed E-state index contributed by atoms with van der Waals surface area (Å²) in [7, 11) is 1.56. The zero-order valence-corrected chi connectivity index (χ0v) is 19.1. The number of carbonyl (C=O) groups is 2. The van der Waals surface area contributed by atoms with Crippen LogP contribution in [0.5, 0.6) is 11.5 Å². The number of ether oxygens (including phenoxy) is 2. The summed E-state index contributed by atoms with van der Waals surface area (Å²) in [6.45, 7) is -0.000278. The van der Waals surface area contributed by atoms with Crippen LogP contribution in [-0.2, 0) is 16.1 Å². The molecule has 0 aromatic heterocycles. The van der Waals surface area contributed by atoms with Crippen molar-refractivity contribution in [2.24, 2.45) is 0 Å². The molecule has 2 amide bonds. The number of anilines is 1. The van der Waals surface area contributed by atoms with Crippen LogP contribution in [0.2, 0.25) is 5.02 Å². The molecular weight excluding hydrogens is 454 g/mol. The van der Waals surface area contributed by atoms with Gasteiger partial charge in [0.1, 0.15) is 23.1 Å². The molecule has 7 nitrogen and oxygen atoms in total. The number of carbonyl (C=O) groups excluding carboxylic acids is 2. The second-order valence-corrected chi connectivity index (χ2v) is 7.52. The maximum atomic E-state index is 12.5. The van der Waals surface area contributed by atoms with E-state index in [0.717, 1.165) is 5.56 Å². The highest BCUT2D eigenvalue weighted by molar-refractivity contribution is 6.30. The van der Waals surface area contributed by atoms with E-state index >= 15 is 0 Å². The predicted molar refractivity (Wildman–Crippen MR) is 130 cm³/mol. The van der Waals surface area contributed by atoms with Crippen molar-refractivity contribution in [3.05, 3.63) is 94.5 Å². The number of benzene rings is 3. The Morgan fingerprint density at radius 2 is 1.79 bits per heavy atom. The summed E-state index contributed by atoms with van der Waals surface area (Å²) in [4.78, 5) is 24.8. The predicted octanol–water partition coefficient (Wildman–Crippen LogP) is 4.59. The monoisotopic (exact) mass is 475 g/mol. The standard InChI is InChI=1S/C26H22ClN3O4/c1-33-23-10-8-22(9-11-23)30-25(31)17-34-24-12-7-21(27)14-19(24)13-20(15-28)26(32)29-16-18-5-3-2-4-6-18/h2-14H,16-17H2,1H3,(H,29,32)(H,30,31)/b20-13+. The quantitative estimate of drug-likeness (QED) is 0.348. The second-order valence-electron chi connectivity index (χ2n) is 7.09. The van der Waals surface area contributed by atoms with Crippen molar-refractivity contribution in [2.45, 2.75) is 6.54 Å². The molecule has 0 radical (unpaired) electrons. The van der Waals surface area contributed by atoms with Gasteiger partial charge in [0.15, 0.2) is 6.61 Å². The van der Waals surface area contributed by atoms with Gasteiger partial charge in [-0.2, -0.15) is 5.26 Å². The van der Waals surface area contributed by atoms with Gasteiger partial charge < -0.3 is 20.1 Å². The molecule has 0 aliphatic carbocycles. The average molecular weight is 476 g/mol. The molecular formula is C26H22ClN3O4. The first-order valence-corrected chi connectivity index (χ1v) is 10.7. The van der Waals surface area contributed by atoms with Gasteiger partial charge in [-0.1, -0.05) is 41.9 Å². The maximum absolute atomic E-state index is 12.5. The van der Waals surface area contributed by atoms with Gasteiger partial charge in [0, 0.05) is 22.8 Å². The lowest BCUT2D eigenvalue weighted by molar-refractivity contribution is -0.118. The molecule has 3 rings (SSSR count). The molecule has 0 heterocycles. The fourth-order valence-corrected chi connectivity index (χ4v) is 3.14. The normalized spacial score (nSPS) is 10.7. The van der Waals surface area contributed by atoms with Crippen LogP contribution < -0.4 is 20.1 Å². The fraction of sp³-hybridized carbons (Fsp3) is 0.115. The van der Waals surface area contributed by atoms with Gasteiger partial charge in [-0.25, -0.2) is 0 Å². The lowest BCUT2D eigenvalue weighted by Gasteiger charge is -2.11. The van der Waals surface area contributed by atoms with Crippen molar-refractivity contribution in [2.75, 3.05) is 19.0 Å². The summed E-state index contributed by atoms with van der Waals surface area (Å²) >= 11 is 6.10. The Bertz CT molecular complexity index is 1220. The summed E-state index contributed by atoms with van der Waals surface area (Å²) in [5.41, 5.74) is 1.78. The average Bonchev–Trinajstić information content (AvgIpc) is 2.86. The van der Waals surface area contributed by atoms with Crippen molar-refractivity contribution in [1.29, 1.82) is 5.26 Å². The number of halogens is 1. The van der Waals surface area contributed by atoms with E-state index in [2.05, 4.69) is 10.6 Å². The molecule has 34 heavy (non-hydrogen) atoms. The van der Waals surface area contributed by atoms with Crippen molar-refractivity contribution in [3.8, 4) is 17.6 Å². The number of hydrogen-bond donors (Lipinski definition) is 2. The molecule has 0 unspecified atom stereocenters. The zero-order chi connectivity index (χ0) is 24.3. The van der Waals surface area contributed by atoms with Gasteiger partial charge in [0.05, 0.1) is 7.11 Å². The first-order valence-electron chi connectivity index (χ1n) is 10.3. The lowest BCUT2D eigenvalue weighted by atomic mass is 10.1. The van der Waals surface area contributed by atoms with Crippen molar-refractivity contribution in [3.63, 3.8) is 0 Å². The van der Waals surface area contributed by atoms with Crippen LogP contribution in [0.4, 0.5) is 5.69 Å². The third-order valence-corrected chi connectivity index (χ3v) is 4.90. The third-order valence-electron chi connectivity index (χ3n) is 4.67. The Kier molecular flexibility index (Phi) is 8.67. The van der Waals surface area contributed by atoms with E-state index in [4.69, 9.17) is 21.1 Å². The van der Waals surface area contributed by atoms with Crippen molar-refractivity contribution in [1.82, 2.24) is 5.32 Å². The molecule has 3 aromatic rings. The van der Waals surface area contributed by atoms with Crippen molar-refractivity contribution < 1.29 is 19.1 Å². The van der Waals surface area contributed by atoms with E-state index in [0.29, 0.717) is 27.8 Å². The van der Waals surface area contributed by atoms with E-state index in [1.807, 2.05) is 36.4 Å². The molecule has 0 atom stereocenters. The number of hydrogen-bond acceptors (Lipinski definition) is 5. The molecule has 0 bridgehead atoms. The topological polar surface area (TPSA) is 100 Å². The van der Waals surface area contributed by atoms with Crippen LogP contribution in [0.15, 0.2) is 78.4 Å². The zero-order valence-electron chi connectivity index (χ0n) is 18.4. The number of methoxy groups -OCH3 is 1. The molecule has 2 N–H and O–H groups in total. The Morgan fingerprint density at radius 3 is 2.47 bits per heavy atom. The molecule has 0 saturated carbocycles. The largest absolute Gasteiger partial charge is 0.497 e. The van der Waals surface area contributed by atoms with E-state index in [9.17, 15) is 14.9 Å².